The molecule has 0 spiro atoms. The highest BCUT2D eigenvalue weighted by atomic mass is 31.1. The van der Waals surface area contributed by atoms with Crippen molar-refractivity contribution in [3.8, 4) is 22.4 Å². The van der Waals surface area contributed by atoms with Crippen molar-refractivity contribution in [3.63, 3.8) is 0 Å². The summed E-state index contributed by atoms with van der Waals surface area (Å²) in [7, 11) is -1.64. The molecule has 0 bridgehead atoms. The molecule has 3 heterocycles. The maximum absolute atomic E-state index is 12.8. The second-order valence-electron chi connectivity index (χ2n) is 7.12. The molecule has 4 aromatic rings. The molecule has 4 nitrogen and oxygen atoms in total. The second kappa shape index (κ2) is 7.65. The van der Waals surface area contributed by atoms with Gasteiger partial charge in [0.15, 0.2) is 0 Å². The number of aromatic nitrogens is 3. The minimum Gasteiger partial charge on any atom is -0.361 e. The molecule has 1 aromatic carbocycles. The van der Waals surface area contributed by atoms with Gasteiger partial charge in [0.05, 0.1) is 0 Å². The van der Waals surface area contributed by atoms with Gasteiger partial charge >= 0.3 is 7.80 Å². The van der Waals surface area contributed by atoms with Gasteiger partial charge in [-0.2, -0.15) is 0 Å². The summed E-state index contributed by atoms with van der Waals surface area (Å²) < 4.78 is 12.8. The van der Waals surface area contributed by atoms with Gasteiger partial charge in [0.1, 0.15) is 0 Å². The van der Waals surface area contributed by atoms with Crippen molar-refractivity contribution in [3.05, 3.63) is 71.7 Å². The smallest absolute Gasteiger partial charge is 0.361 e. The fourth-order valence-corrected chi connectivity index (χ4v) is 4.65. The van der Waals surface area contributed by atoms with Crippen molar-refractivity contribution >= 4 is 18.7 Å². The molecule has 5 heteroatoms. The van der Waals surface area contributed by atoms with Gasteiger partial charge < -0.3 is 15.0 Å². The van der Waals surface area contributed by atoms with E-state index in [1.807, 2.05) is 24.5 Å². The lowest BCUT2D eigenvalue weighted by atomic mass is 9.99. The van der Waals surface area contributed by atoms with Crippen LogP contribution in [0, 0.1) is 6.92 Å². The zero-order valence-corrected chi connectivity index (χ0v) is 17.4. The van der Waals surface area contributed by atoms with E-state index in [2.05, 4.69) is 66.2 Å². The lowest BCUT2D eigenvalue weighted by Gasteiger charge is -2.06. The van der Waals surface area contributed by atoms with Gasteiger partial charge in [0.25, 0.3) is 10.9 Å². The summed E-state index contributed by atoms with van der Waals surface area (Å²) in [4.78, 5) is 9.70. The molecule has 3 aromatic heterocycles. The molecule has 0 saturated carbocycles. The van der Waals surface area contributed by atoms with Gasteiger partial charge in [-0.3, -0.25) is 0 Å². The van der Waals surface area contributed by atoms with Gasteiger partial charge in [0.2, 0.25) is 0 Å². The molecule has 1 unspecified atom stereocenters. The molecule has 0 aliphatic heterocycles. The Balaban J connectivity index is 1.60. The van der Waals surface area contributed by atoms with Crippen LogP contribution in [-0.4, -0.2) is 15.0 Å². The summed E-state index contributed by atoms with van der Waals surface area (Å²) in [5, 5.41) is 0. The van der Waals surface area contributed by atoms with Crippen LogP contribution in [0.1, 0.15) is 30.5 Å². The van der Waals surface area contributed by atoms with E-state index >= 15 is 0 Å². The van der Waals surface area contributed by atoms with Crippen LogP contribution < -0.4 is 10.9 Å². The first kappa shape index (κ1) is 18.5. The third-order valence-corrected chi connectivity index (χ3v) is 6.63. The van der Waals surface area contributed by atoms with E-state index in [0.29, 0.717) is 0 Å². The first-order valence-electron chi connectivity index (χ1n) is 9.70. The predicted octanol–water partition coefficient (Wildman–Crippen LogP) is 5.22. The van der Waals surface area contributed by atoms with E-state index in [9.17, 15) is 4.57 Å². The number of H-pyrrole nitrogens is 3. The molecule has 3 N–H and O–H groups in total. The average molecular weight is 390 g/mol. The predicted molar refractivity (Wildman–Crippen MR) is 117 cm³/mol. The summed E-state index contributed by atoms with van der Waals surface area (Å²) >= 11 is 0. The first-order valence-corrected chi connectivity index (χ1v) is 11.0. The van der Waals surface area contributed by atoms with E-state index in [-0.39, 0.29) is 0 Å². The third-order valence-electron chi connectivity index (χ3n) is 5.24. The second-order valence-corrected chi connectivity index (χ2v) is 8.67. The Morgan fingerprint density at radius 3 is 2.14 bits per heavy atom. The van der Waals surface area contributed by atoms with E-state index < -0.39 is 7.80 Å². The summed E-state index contributed by atoms with van der Waals surface area (Å²) in [5.41, 5.74) is 9.75. The third kappa shape index (κ3) is 3.48. The van der Waals surface area contributed by atoms with Gasteiger partial charge in [-0.25, -0.2) is 0 Å². The van der Waals surface area contributed by atoms with E-state index in [4.69, 9.17) is 0 Å². The molecule has 0 fully saturated rings. The number of hydrogen-bond acceptors (Lipinski definition) is 1. The molecule has 0 radical (unpaired) electrons. The van der Waals surface area contributed by atoms with Crippen molar-refractivity contribution in [1.82, 2.24) is 15.0 Å². The summed E-state index contributed by atoms with van der Waals surface area (Å²) in [6, 6.07) is 12.6. The molecule has 0 amide bonds. The molecule has 0 saturated heterocycles. The summed E-state index contributed by atoms with van der Waals surface area (Å²) in [5.74, 6) is 0. The van der Waals surface area contributed by atoms with Gasteiger partial charge in [-0.15, -0.1) is 0 Å². The molecule has 4 rings (SSSR count). The minimum atomic E-state index is -1.64. The fourth-order valence-electron chi connectivity index (χ4n) is 3.49. The van der Waals surface area contributed by atoms with E-state index in [1.165, 1.54) is 22.3 Å². The van der Waals surface area contributed by atoms with Crippen LogP contribution in [0.5, 0.6) is 0 Å². The zero-order chi connectivity index (χ0) is 19.7. The van der Waals surface area contributed by atoms with Crippen molar-refractivity contribution < 1.29 is 4.57 Å². The lowest BCUT2D eigenvalue weighted by molar-refractivity contribution is 0.597. The van der Waals surface area contributed by atoms with Crippen LogP contribution in [0.4, 0.5) is 0 Å². The topological polar surface area (TPSA) is 64.4 Å². The number of benzene rings is 1. The van der Waals surface area contributed by atoms with Crippen LogP contribution >= 0.6 is 7.80 Å². The van der Waals surface area contributed by atoms with Gasteiger partial charge in [0, 0.05) is 47.5 Å². The molecule has 0 aliphatic rings. The highest BCUT2D eigenvalue weighted by Crippen LogP contribution is 2.29. The van der Waals surface area contributed by atoms with E-state index in [1.54, 1.807) is 0 Å². The highest BCUT2D eigenvalue weighted by Gasteiger charge is 2.27. The molecule has 1 atom stereocenters. The number of hydrogen-bond donors (Lipinski definition) is 3. The Morgan fingerprint density at radius 2 is 1.46 bits per heavy atom. The van der Waals surface area contributed by atoms with Crippen LogP contribution in [0.3, 0.4) is 0 Å². The Morgan fingerprint density at radius 1 is 0.786 bits per heavy atom. The number of aryl methyl sites for hydroxylation is 3. The molecule has 0 aliphatic carbocycles. The average Bonchev–Trinajstić information content (AvgIpc) is 3.47. The SMILES string of the molecule is CCc1c[nH]c(-c2ccc(-c3c[nH]c([P+](=O)c4cc(CC)c[nH]4)c3)cc2C)c1. The minimum absolute atomic E-state index is 0.744. The maximum Gasteiger partial charge on any atom is 0.451 e. The lowest BCUT2D eigenvalue weighted by Crippen LogP contribution is -2.07. The Kier molecular flexibility index (Phi) is 5.06. The molecule has 142 valence electrons. The van der Waals surface area contributed by atoms with Crippen LogP contribution in [0.15, 0.2) is 55.0 Å². The van der Waals surface area contributed by atoms with Crippen molar-refractivity contribution in [1.29, 1.82) is 0 Å². The van der Waals surface area contributed by atoms with E-state index in [0.717, 1.165) is 40.5 Å². The Labute approximate surface area is 166 Å². The van der Waals surface area contributed by atoms with Gasteiger partial charge in [-0.1, -0.05) is 36.6 Å². The van der Waals surface area contributed by atoms with Gasteiger partial charge in [-0.05, 0) is 48.1 Å². The largest absolute Gasteiger partial charge is 0.451 e. The van der Waals surface area contributed by atoms with Crippen LogP contribution in [0.2, 0.25) is 0 Å². The fraction of sp³-hybridized carbons (Fsp3) is 0.217. The monoisotopic (exact) mass is 390 g/mol. The van der Waals surface area contributed by atoms with Crippen LogP contribution in [0.25, 0.3) is 22.4 Å². The van der Waals surface area contributed by atoms with Crippen molar-refractivity contribution in [2.24, 2.45) is 0 Å². The maximum atomic E-state index is 12.8. The van der Waals surface area contributed by atoms with Crippen molar-refractivity contribution in [2.75, 3.05) is 0 Å². The normalized spacial score (nSPS) is 11.8. The quantitative estimate of drug-likeness (QED) is 0.389. The number of rotatable bonds is 6. The summed E-state index contributed by atoms with van der Waals surface area (Å²) in [6.07, 6.45) is 7.89. The standard InChI is InChI=1S/C23H25N3OP/c1-4-16-9-21(24-12-16)20-7-6-18(8-15(20)3)19-11-23(26-14-19)28(27)22-10-17(5-2)13-25-22/h6-14,24-26H,4-5H2,1-3H3/q+1. The molecular formula is C23H25N3OP+. The number of nitrogens with one attached hydrogen (secondary N) is 3. The van der Waals surface area contributed by atoms with Crippen molar-refractivity contribution in [2.45, 2.75) is 33.6 Å². The molecular weight excluding hydrogens is 365 g/mol. The van der Waals surface area contributed by atoms with Crippen LogP contribution in [-0.2, 0) is 17.4 Å². The molecule has 28 heavy (non-hydrogen) atoms. The number of aromatic amines is 3. The highest BCUT2D eigenvalue weighted by molar-refractivity contribution is 7.61. The first-order chi connectivity index (χ1) is 13.6. The Hall–Kier alpha value is -2.84. The zero-order valence-electron chi connectivity index (χ0n) is 16.5. The Bertz CT molecular complexity index is 1130. The summed E-state index contributed by atoms with van der Waals surface area (Å²) in [6.45, 7) is 6.38.